The monoisotopic (exact) mass is 684 g/mol. The van der Waals surface area contributed by atoms with Gasteiger partial charge in [-0.15, -0.1) is 0 Å². The number of piperidine rings is 2. The number of anilines is 2. The van der Waals surface area contributed by atoms with E-state index in [9.17, 15) is 9.18 Å². The molecular weight excluding hydrogens is 643 g/mol. The van der Waals surface area contributed by atoms with Crippen LogP contribution in [0.1, 0.15) is 48.9 Å². The van der Waals surface area contributed by atoms with Crippen LogP contribution in [0.2, 0.25) is 0 Å². The van der Waals surface area contributed by atoms with Gasteiger partial charge in [0, 0.05) is 31.7 Å². The third kappa shape index (κ3) is 7.45. The Labute approximate surface area is 297 Å². The summed E-state index contributed by atoms with van der Waals surface area (Å²) in [6, 6.07) is 24.2. The third-order valence-electron chi connectivity index (χ3n) is 9.56. The Kier molecular flexibility index (Phi) is 10.3. The lowest BCUT2D eigenvalue weighted by Gasteiger charge is -2.27. The van der Waals surface area contributed by atoms with Crippen molar-refractivity contribution in [2.45, 2.75) is 38.5 Å². The molecule has 0 amide bonds. The van der Waals surface area contributed by atoms with Crippen LogP contribution in [-0.2, 0) is 4.74 Å². The van der Waals surface area contributed by atoms with Gasteiger partial charge in [-0.05, 0) is 91.6 Å². The summed E-state index contributed by atoms with van der Waals surface area (Å²) in [5, 5.41) is 0. The average Bonchev–Trinajstić information content (AvgIpc) is 3.20. The number of halogens is 1. The van der Waals surface area contributed by atoms with Gasteiger partial charge in [0.25, 0.3) is 0 Å². The molecule has 2 saturated heterocycles. The third-order valence-corrected chi connectivity index (χ3v) is 9.56. The first-order chi connectivity index (χ1) is 25.0. The fourth-order valence-corrected chi connectivity index (χ4v) is 6.80. The first-order valence-corrected chi connectivity index (χ1v) is 17.6. The molecule has 2 aliphatic rings. The Morgan fingerprint density at radius 3 is 1.71 bits per heavy atom. The smallest absolute Gasteiger partial charge is 0.338 e. The normalized spacial score (nSPS) is 14.6. The van der Waals surface area contributed by atoms with Crippen molar-refractivity contribution in [2.24, 2.45) is 0 Å². The molecule has 0 radical (unpaired) electrons. The van der Waals surface area contributed by atoms with Crippen LogP contribution in [0.3, 0.4) is 0 Å². The van der Waals surface area contributed by atoms with E-state index in [0.717, 1.165) is 76.6 Å². The minimum absolute atomic E-state index is 0.241. The highest BCUT2D eigenvalue weighted by Gasteiger charge is 2.17. The molecule has 10 heteroatoms. The van der Waals surface area contributed by atoms with E-state index in [1.807, 2.05) is 67.0 Å². The van der Waals surface area contributed by atoms with Crippen molar-refractivity contribution in [3.8, 4) is 28.0 Å². The largest absolute Gasteiger partial charge is 0.494 e. The maximum Gasteiger partial charge on any atom is 0.338 e. The second-order valence-corrected chi connectivity index (χ2v) is 12.8. The van der Waals surface area contributed by atoms with Gasteiger partial charge >= 0.3 is 5.97 Å². The molecule has 0 bridgehead atoms. The number of benzene rings is 4. The van der Waals surface area contributed by atoms with Crippen molar-refractivity contribution < 1.29 is 18.7 Å². The van der Waals surface area contributed by atoms with E-state index in [1.165, 1.54) is 52.7 Å². The van der Waals surface area contributed by atoms with E-state index < -0.39 is 0 Å². The van der Waals surface area contributed by atoms with Crippen LogP contribution in [0.15, 0.2) is 91.3 Å². The van der Waals surface area contributed by atoms with Gasteiger partial charge in [-0.2, -0.15) is 0 Å². The highest BCUT2D eigenvalue weighted by molar-refractivity contribution is 5.98. The van der Waals surface area contributed by atoms with Crippen LogP contribution >= 0.6 is 0 Å². The maximum atomic E-state index is 14.6. The van der Waals surface area contributed by atoms with Gasteiger partial charge < -0.3 is 19.3 Å². The van der Waals surface area contributed by atoms with Gasteiger partial charge in [-0.1, -0.05) is 42.5 Å². The van der Waals surface area contributed by atoms with Gasteiger partial charge in [-0.3, -0.25) is 9.97 Å². The molecule has 4 heterocycles. The van der Waals surface area contributed by atoms with E-state index in [2.05, 4.69) is 19.8 Å². The number of rotatable bonds is 6. The molecule has 0 N–H and O–H groups in total. The SMILES string of the molecule is COC(=O)c1ccccc1-c1ccc2ncc(N3CCCCC3)nc2c1.COc1cccc(-c2ccc3ncc(N4CCCCC4)nc3c2)c1F. The summed E-state index contributed by atoms with van der Waals surface area (Å²) in [4.78, 5) is 35.3. The average molecular weight is 685 g/mol. The minimum atomic E-state index is -0.357. The van der Waals surface area contributed by atoms with Crippen LogP contribution in [0.4, 0.5) is 16.0 Å². The van der Waals surface area contributed by atoms with Crippen LogP contribution in [-0.4, -0.2) is 66.3 Å². The number of fused-ring (bicyclic) bond motifs is 2. The lowest BCUT2D eigenvalue weighted by Crippen LogP contribution is -2.30. The summed E-state index contributed by atoms with van der Waals surface area (Å²) in [6.07, 6.45) is 11.0. The fraction of sp³-hybridized carbons (Fsp3) is 0.293. The molecule has 0 saturated carbocycles. The minimum Gasteiger partial charge on any atom is -0.494 e. The highest BCUT2D eigenvalue weighted by Crippen LogP contribution is 2.31. The molecule has 4 aromatic carbocycles. The number of carbonyl (C=O) groups excluding carboxylic acids is 1. The first-order valence-electron chi connectivity index (χ1n) is 17.6. The number of ether oxygens (including phenoxy) is 2. The molecule has 2 aromatic heterocycles. The van der Waals surface area contributed by atoms with E-state index in [-0.39, 0.29) is 17.5 Å². The van der Waals surface area contributed by atoms with Gasteiger partial charge in [0.05, 0.1) is 54.2 Å². The van der Waals surface area contributed by atoms with E-state index in [1.54, 1.807) is 24.3 Å². The van der Waals surface area contributed by atoms with Crippen molar-refractivity contribution in [2.75, 3.05) is 50.2 Å². The van der Waals surface area contributed by atoms with Crippen molar-refractivity contribution in [1.82, 2.24) is 19.9 Å². The summed E-state index contributed by atoms with van der Waals surface area (Å²) in [6.45, 7) is 4.10. The Morgan fingerprint density at radius 1 is 0.627 bits per heavy atom. The molecule has 0 spiro atoms. The maximum absolute atomic E-state index is 14.6. The van der Waals surface area contributed by atoms with Crippen molar-refractivity contribution in [3.05, 3.63) is 103 Å². The van der Waals surface area contributed by atoms with E-state index in [0.29, 0.717) is 11.1 Å². The summed E-state index contributed by atoms with van der Waals surface area (Å²) in [5.74, 6) is 1.37. The van der Waals surface area contributed by atoms with Crippen molar-refractivity contribution >= 4 is 39.7 Å². The van der Waals surface area contributed by atoms with Crippen LogP contribution in [0, 0.1) is 5.82 Å². The zero-order valence-corrected chi connectivity index (χ0v) is 29.0. The van der Waals surface area contributed by atoms with Gasteiger partial charge in [0.2, 0.25) is 0 Å². The first kappa shape index (κ1) is 33.8. The number of hydrogen-bond acceptors (Lipinski definition) is 9. The molecule has 2 aliphatic heterocycles. The van der Waals surface area contributed by atoms with Crippen molar-refractivity contribution in [1.29, 1.82) is 0 Å². The zero-order chi connectivity index (χ0) is 35.2. The quantitative estimate of drug-likeness (QED) is 0.160. The molecule has 0 atom stereocenters. The molecule has 260 valence electrons. The van der Waals surface area contributed by atoms with Crippen LogP contribution < -0.4 is 14.5 Å². The number of nitrogens with zero attached hydrogens (tertiary/aromatic N) is 6. The molecule has 9 nitrogen and oxygen atoms in total. The Bertz CT molecular complexity index is 2160. The van der Waals surface area contributed by atoms with Crippen LogP contribution in [0.5, 0.6) is 5.75 Å². The van der Waals surface area contributed by atoms with E-state index >= 15 is 0 Å². The predicted molar refractivity (Wildman–Crippen MR) is 200 cm³/mol. The number of aromatic nitrogens is 4. The molecule has 2 fully saturated rings. The van der Waals surface area contributed by atoms with Crippen LogP contribution in [0.25, 0.3) is 44.3 Å². The molecular formula is C41H41FN6O3. The number of hydrogen-bond donors (Lipinski definition) is 0. The van der Waals surface area contributed by atoms with Gasteiger partial charge in [-0.25, -0.2) is 19.2 Å². The Morgan fingerprint density at radius 2 is 1.16 bits per heavy atom. The predicted octanol–water partition coefficient (Wildman–Crippen LogP) is 8.51. The topological polar surface area (TPSA) is 93.6 Å². The standard InChI is InChI=1S/C21H21N3O2.C20H20FN3O/c1-26-21(25)17-8-4-3-7-16(17)15-9-10-18-19(13-15)23-20(14-22-18)24-11-5-2-6-12-24;1-25-18-7-5-6-15(20(18)21)14-8-9-16-17(12-14)23-19(13-22-16)24-10-3-2-4-11-24/h3-4,7-10,13-14H,2,5-6,11-12H2,1H3;5-9,12-13H,2-4,10-11H2,1H3. The lowest BCUT2D eigenvalue weighted by molar-refractivity contribution is 0.0601. The number of methoxy groups -OCH3 is 2. The molecule has 51 heavy (non-hydrogen) atoms. The summed E-state index contributed by atoms with van der Waals surface area (Å²) >= 11 is 0. The molecule has 8 rings (SSSR count). The molecule has 6 aromatic rings. The zero-order valence-electron chi connectivity index (χ0n) is 29.0. The van der Waals surface area contributed by atoms with Crippen molar-refractivity contribution in [3.63, 3.8) is 0 Å². The molecule has 0 unspecified atom stereocenters. The lowest BCUT2D eigenvalue weighted by atomic mass is 9.99. The fourth-order valence-electron chi connectivity index (χ4n) is 6.80. The van der Waals surface area contributed by atoms with Gasteiger partial charge in [0.15, 0.2) is 11.6 Å². The number of carbonyl (C=O) groups is 1. The summed E-state index contributed by atoms with van der Waals surface area (Å²) in [7, 11) is 2.87. The summed E-state index contributed by atoms with van der Waals surface area (Å²) in [5.41, 5.74) is 6.89. The van der Waals surface area contributed by atoms with Gasteiger partial charge in [0.1, 0.15) is 11.6 Å². The number of esters is 1. The molecule has 0 aliphatic carbocycles. The Balaban J connectivity index is 0.000000159. The summed E-state index contributed by atoms with van der Waals surface area (Å²) < 4.78 is 24.6. The highest BCUT2D eigenvalue weighted by atomic mass is 19.1. The Hall–Kier alpha value is -5.64. The van der Waals surface area contributed by atoms with E-state index in [4.69, 9.17) is 19.4 Å². The second-order valence-electron chi connectivity index (χ2n) is 12.8. The second kappa shape index (κ2) is 15.5.